The standard InChI is InChI=1S/C16H21NO4/c1-10(2)9-13(16(19)20)17-15(18)12-7-8-21-14-6-4-3-5-11(12)14/h3-6,10,12-13H,7-9H2,1-2H3,(H,17,18)(H,19,20). The van der Waals surface area contributed by atoms with E-state index < -0.39 is 12.0 Å². The highest BCUT2D eigenvalue weighted by molar-refractivity contribution is 5.88. The van der Waals surface area contributed by atoms with Gasteiger partial charge in [-0.15, -0.1) is 0 Å². The van der Waals surface area contributed by atoms with Gasteiger partial charge in [-0.05, 0) is 24.8 Å². The summed E-state index contributed by atoms with van der Waals surface area (Å²) >= 11 is 0. The van der Waals surface area contributed by atoms with Crippen LogP contribution in [0.25, 0.3) is 0 Å². The van der Waals surface area contributed by atoms with Crippen molar-refractivity contribution < 1.29 is 19.4 Å². The van der Waals surface area contributed by atoms with Gasteiger partial charge in [-0.2, -0.15) is 0 Å². The fourth-order valence-electron chi connectivity index (χ4n) is 2.58. The Morgan fingerprint density at radius 3 is 2.76 bits per heavy atom. The summed E-state index contributed by atoms with van der Waals surface area (Å²) in [5.41, 5.74) is 0.829. The molecule has 114 valence electrons. The molecule has 2 atom stereocenters. The zero-order chi connectivity index (χ0) is 15.4. The second-order valence-electron chi connectivity index (χ2n) is 5.76. The predicted molar refractivity (Wildman–Crippen MR) is 78.3 cm³/mol. The molecule has 0 spiro atoms. The van der Waals surface area contributed by atoms with E-state index in [0.29, 0.717) is 25.2 Å². The topological polar surface area (TPSA) is 75.6 Å². The van der Waals surface area contributed by atoms with Crippen molar-refractivity contribution in [3.8, 4) is 5.75 Å². The number of ether oxygens (including phenoxy) is 1. The van der Waals surface area contributed by atoms with E-state index in [2.05, 4.69) is 5.32 Å². The van der Waals surface area contributed by atoms with E-state index in [1.807, 2.05) is 38.1 Å². The fraction of sp³-hybridized carbons (Fsp3) is 0.500. The van der Waals surface area contributed by atoms with Gasteiger partial charge in [0.2, 0.25) is 5.91 Å². The summed E-state index contributed by atoms with van der Waals surface area (Å²) in [6.07, 6.45) is 0.989. The lowest BCUT2D eigenvalue weighted by molar-refractivity contribution is -0.142. The minimum absolute atomic E-state index is 0.202. The second kappa shape index (κ2) is 6.61. The summed E-state index contributed by atoms with van der Waals surface area (Å²) in [5, 5.41) is 11.9. The maximum Gasteiger partial charge on any atom is 0.326 e. The Labute approximate surface area is 124 Å². The van der Waals surface area contributed by atoms with Gasteiger partial charge < -0.3 is 15.2 Å². The first-order valence-electron chi connectivity index (χ1n) is 7.24. The van der Waals surface area contributed by atoms with Crippen LogP contribution in [0, 0.1) is 5.92 Å². The number of carbonyl (C=O) groups is 2. The average Bonchev–Trinajstić information content (AvgIpc) is 2.45. The maximum atomic E-state index is 12.4. The van der Waals surface area contributed by atoms with Gasteiger partial charge in [0.15, 0.2) is 0 Å². The molecule has 0 fully saturated rings. The maximum absolute atomic E-state index is 12.4. The number of benzene rings is 1. The molecule has 0 saturated heterocycles. The third-order valence-corrected chi connectivity index (χ3v) is 3.60. The van der Waals surface area contributed by atoms with Crippen LogP contribution in [0.4, 0.5) is 0 Å². The summed E-state index contributed by atoms with van der Waals surface area (Å²) < 4.78 is 5.52. The lowest BCUT2D eigenvalue weighted by atomic mass is 9.91. The number of carbonyl (C=O) groups excluding carboxylic acids is 1. The quantitative estimate of drug-likeness (QED) is 0.871. The molecule has 2 rings (SSSR count). The lowest BCUT2D eigenvalue weighted by Gasteiger charge is -2.26. The summed E-state index contributed by atoms with van der Waals surface area (Å²) in [6, 6.07) is 6.57. The van der Waals surface area contributed by atoms with Crippen LogP contribution in [0.2, 0.25) is 0 Å². The Hall–Kier alpha value is -2.04. The van der Waals surface area contributed by atoms with Crippen molar-refractivity contribution in [2.45, 2.75) is 38.6 Å². The number of nitrogens with one attached hydrogen (secondary N) is 1. The van der Waals surface area contributed by atoms with Gasteiger partial charge >= 0.3 is 5.97 Å². The summed E-state index contributed by atoms with van der Waals surface area (Å²) in [4.78, 5) is 23.7. The first-order valence-corrected chi connectivity index (χ1v) is 7.24. The van der Waals surface area contributed by atoms with Gasteiger partial charge in [0, 0.05) is 5.56 Å². The van der Waals surface area contributed by atoms with Crippen molar-refractivity contribution in [2.24, 2.45) is 5.92 Å². The fourth-order valence-corrected chi connectivity index (χ4v) is 2.58. The van der Waals surface area contributed by atoms with Crippen molar-refractivity contribution in [2.75, 3.05) is 6.61 Å². The number of carboxylic acid groups (broad SMARTS) is 1. The number of amides is 1. The number of rotatable bonds is 5. The lowest BCUT2D eigenvalue weighted by Crippen LogP contribution is -2.44. The summed E-state index contributed by atoms with van der Waals surface area (Å²) in [6.45, 7) is 4.34. The van der Waals surface area contributed by atoms with Gasteiger partial charge in [0.05, 0.1) is 12.5 Å². The molecular weight excluding hydrogens is 270 g/mol. The molecule has 5 heteroatoms. The minimum atomic E-state index is -0.989. The SMILES string of the molecule is CC(C)CC(NC(=O)C1CCOc2ccccc21)C(=O)O. The Bertz CT molecular complexity index is 527. The molecule has 5 nitrogen and oxygen atoms in total. The van der Waals surface area contributed by atoms with Crippen LogP contribution < -0.4 is 10.1 Å². The molecule has 0 radical (unpaired) electrons. The number of carboxylic acids is 1. The van der Waals surface area contributed by atoms with Crippen LogP contribution in [-0.4, -0.2) is 29.6 Å². The van der Waals surface area contributed by atoms with Gasteiger partial charge in [0.25, 0.3) is 0 Å². The molecule has 1 heterocycles. The molecule has 21 heavy (non-hydrogen) atoms. The first-order chi connectivity index (χ1) is 9.99. The second-order valence-corrected chi connectivity index (χ2v) is 5.76. The molecule has 0 aliphatic carbocycles. The summed E-state index contributed by atoms with van der Waals surface area (Å²) in [7, 11) is 0. The minimum Gasteiger partial charge on any atom is -0.493 e. The number of aliphatic carboxylic acids is 1. The van der Waals surface area contributed by atoms with Crippen molar-refractivity contribution >= 4 is 11.9 Å². The molecule has 1 aromatic rings. The van der Waals surface area contributed by atoms with Crippen molar-refractivity contribution in [3.05, 3.63) is 29.8 Å². The van der Waals surface area contributed by atoms with E-state index in [9.17, 15) is 14.7 Å². The van der Waals surface area contributed by atoms with Crippen LogP contribution >= 0.6 is 0 Å². The largest absolute Gasteiger partial charge is 0.493 e. The highest BCUT2D eigenvalue weighted by atomic mass is 16.5. The van der Waals surface area contributed by atoms with Gasteiger partial charge in [-0.1, -0.05) is 32.0 Å². The Morgan fingerprint density at radius 2 is 2.10 bits per heavy atom. The van der Waals surface area contributed by atoms with Crippen LogP contribution in [-0.2, 0) is 9.59 Å². The van der Waals surface area contributed by atoms with Gasteiger partial charge in [-0.25, -0.2) is 4.79 Å². The Morgan fingerprint density at radius 1 is 1.38 bits per heavy atom. The van der Waals surface area contributed by atoms with Gasteiger partial charge in [-0.3, -0.25) is 4.79 Å². The highest BCUT2D eigenvalue weighted by Gasteiger charge is 2.30. The normalized spacial score (nSPS) is 18.5. The molecule has 1 aromatic carbocycles. The van der Waals surface area contributed by atoms with E-state index in [1.165, 1.54) is 0 Å². The first kappa shape index (κ1) is 15.4. The van der Waals surface area contributed by atoms with E-state index in [4.69, 9.17) is 4.74 Å². The third kappa shape index (κ3) is 3.74. The van der Waals surface area contributed by atoms with Crippen LogP contribution in [0.3, 0.4) is 0 Å². The number of hydrogen-bond acceptors (Lipinski definition) is 3. The average molecular weight is 291 g/mol. The number of fused-ring (bicyclic) bond motifs is 1. The molecule has 1 aliphatic heterocycles. The zero-order valence-electron chi connectivity index (χ0n) is 12.3. The smallest absolute Gasteiger partial charge is 0.326 e. The van der Waals surface area contributed by atoms with E-state index in [1.54, 1.807) is 0 Å². The van der Waals surface area contributed by atoms with Crippen LogP contribution in [0.15, 0.2) is 24.3 Å². The van der Waals surface area contributed by atoms with E-state index >= 15 is 0 Å². The van der Waals surface area contributed by atoms with E-state index in [-0.39, 0.29) is 17.7 Å². The van der Waals surface area contributed by atoms with Crippen molar-refractivity contribution in [3.63, 3.8) is 0 Å². The number of hydrogen-bond donors (Lipinski definition) is 2. The third-order valence-electron chi connectivity index (χ3n) is 3.60. The monoisotopic (exact) mass is 291 g/mol. The molecule has 0 aromatic heterocycles. The zero-order valence-corrected chi connectivity index (χ0v) is 12.3. The Kier molecular flexibility index (Phi) is 4.83. The molecule has 1 aliphatic rings. The summed E-state index contributed by atoms with van der Waals surface area (Å²) in [5.74, 6) is -0.659. The molecule has 1 amide bonds. The van der Waals surface area contributed by atoms with E-state index in [0.717, 1.165) is 5.56 Å². The molecule has 0 bridgehead atoms. The van der Waals surface area contributed by atoms with Gasteiger partial charge in [0.1, 0.15) is 11.8 Å². The van der Waals surface area contributed by atoms with Crippen LogP contribution in [0.1, 0.15) is 38.2 Å². The molecular formula is C16H21NO4. The Balaban J connectivity index is 2.12. The van der Waals surface area contributed by atoms with Crippen molar-refractivity contribution in [1.29, 1.82) is 0 Å². The molecule has 2 unspecified atom stereocenters. The molecule has 0 saturated carbocycles. The highest BCUT2D eigenvalue weighted by Crippen LogP contribution is 2.33. The van der Waals surface area contributed by atoms with Crippen molar-refractivity contribution in [1.82, 2.24) is 5.32 Å². The number of para-hydroxylation sites is 1. The molecule has 2 N–H and O–H groups in total. The van der Waals surface area contributed by atoms with Crippen LogP contribution in [0.5, 0.6) is 5.75 Å². The predicted octanol–water partition coefficient (Wildman–Crippen LogP) is 2.17.